The minimum Gasteiger partial charge on any atom is -0.397 e. The molecule has 2 fully saturated rings. The van der Waals surface area contributed by atoms with Gasteiger partial charge >= 0.3 is 0 Å². The van der Waals surface area contributed by atoms with Crippen molar-refractivity contribution < 1.29 is 4.79 Å². The van der Waals surface area contributed by atoms with Crippen LogP contribution >= 0.6 is 0 Å². The van der Waals surface area contributed by atoms with E-state index in [9.17, 15) is 4.79 Å². The highest BCUT2D eigenvalue weighted by atomic mass is 16.1. The molecule has 3 N–H and O–H groups in total. The molecule has 1 saturated heterocycles. The zero-order valence-electron chi connectivity index (χ0n) is 12.6. The maximum Gasteiger partial charge on any atom is 0.224 e. The Labute approximate surface area is 126 Å². The normalized spacial score (nSPS) is 25.0. The number of nitrogens with zero attached hydrogens (tertiary/aromatic N) is 1. The van der Waals surface area contributed by atoms with Gasteiger partial charge in [-0.05, 0) is 49.8 Å². The second kappa shape index (κ2) is 6.48. The van der Waals surface area contributed by atoms with E-state index in [4.69, 9.17) is 5.73 Å². The summed E-state index contributed by atoms with van der Waals surface area (Å²) in [4.78, 5) is 14.5. The number of nitrogens with two attached hydrogens (primary N) is 1. The quantitative estimate of drug-likeness (QED) is 0.819. The second-order valence-electron chi connectivity index (χ2n) is 6.45. The monoisotopic (exact) mass is 287 g/mol. The summed E-state index contributed by atoms with van der Waals surface area (Å²) in [6.45, 7) is 3.54. The predicted molar refractivity (Wildman–Crippen MR) is 86.0 cm³/mol. The van der Waals surface area contributed by atoms with E-state index in [1.807, 2.05) is 18.2 Å². The minimum absolute atomic E-state index is 0.0623. The number of carbonyl (C=O) groups is 1. The third-order valence-corrected chi connectivity index (χ3v) is 4.91. The summed E-state index contributed by atoms with van der Waals surface area (Å²) in [5, 5.41) is 2.89. The number of rotatable bonds is 5. The fourth-order valence-electron chi connectivity index (χ4n) is 3.80. The van der Waals surface area contributed by atoms with Gasteiger partial charge in [0.25, 0.3) is 0 Å². The van der Waals surface area contributed by atoms with Crippen LogP contribution in [0.3, 0.4) is 0 Å². The molecule has 2 unspecified atom stereocenters. The fraction of sp³-hybridized carbons (Fsp3) is 0.588. The summed E-state index contributed by atoms with van der Waals surface area (Å²) in [6, 6.07) is 7.40. The van der Waals surface area contributed by atoms with Gasteiger partial charge in [-0.2, -0.15) is 0 Å². The van der Waals surface area contributed by atoms with Gasteiger partial charge in [-0.1, -0.05) is 18.6 Å². The number of anilines is 2. The van der Waals surface area contributed by atoms with Crippen molar-refractivity contribution in [3.63, 3.8) is 0 Å². The van der Waals surface area contributed by atoms with Gasteiger partial charge in [0.1, 0.15) is 0 Å². The zero-order valence-corrected chi connectivity index (χ0v) is 12.6. The number of nitrogen functional groups attached to an aromatic ring is 1. The molecule has 4 nitrogen and oxygen atoms in total. The van der Waals surface area contributed by atoms with Crippen LogP contribution in [0.4, 0.5) is 11.4 Å². The van der Waals surface area contributed by atoms with Gasteiger partial charge in [-0.15, -0.1) is 0 Å². The lowest BCUT2D eigenvalue weighted by Crippen LogP contribution is -2.24. The molecule has 1 saturated carbocycles. The smallest absolute Gasteiger partial charge is 0.224 e. The first kappa shape index (κ1) is 14.4. The molecule has 4 heteroatoms. The summed E-state index contributed by atoms with van der Waals surface area (Å²) in [6.07, 6.45) is 5.74. The Hall–Kier alpha value is -1.55. The molecule has 0 bridgehead atoms. The van der Waals surface area contributed by atoms with Gasteiger partial charge in [-0.3, -0.25) is 4.79 Å². The molecule has 21 heavy (non-hydrogen) atoms. The molecular formula is C17H25N3O. The molecule has 0 spiro atoms. The van der Waals surface area contributed by atoms with Gasteiger partial charge in [0.15, 0.2) is 0 Å². The summed E-state index contributed by atoms with van der Waals surface area (Å²) >= 11 is 0. The van der Waals surface area contributed by atoms with Crippen LogP contribution in [-0.2, 0) is 4.79 Å². The van der Waals surface area contributed by atoms with Crippen LogP contribution in [0.25, 0.3) is 0 Å². The second-order valence-corrected chi connectivity index (χ2v) is 6.45. The number of fused-ring (bicyclic) bond motifs is 1. The molecule has 1 aromatic rings. The van der Waals surface area contributed by atoms with Crippen LogP contribution < -0.4 is 11.1 Å². The van der Waals surface area contributed by atoms with E-state index in [-0.39, 0.29) is 5.91 Å². The van der Waals surface area contributed by atoms with Crippen molar-refractivity contribution in [1.82, 2.24) is 4.90 Å². The third kappa shape index (κ3) is 3.56. The lowest BCUT2D eigenvalue weighted by atomic mass is 10.0. The van der Waals surface area contributed by atoms with Gasteiger partial charge in [-0.25, -0.2) is 0 Å². The SMILES string of the molecule is Nc1ccccc1NC(=O)CCCN1CC2CCCC2C1. The van der Waals surface area contributed by atoms with E-state index in [1.54, 1.807) is 6.07 Å². The topological polar surface area (TPSA) is 58.4 Å². The molecule has 3 rings (SSSR count). The number of carbonyl (C=O) groups excluding carboxylic acids is 1. The van der Waals surface area contributed by atoms with E-state index in [1.165, 1.54) is 32.4 Å². The largest absolute Gasteiger partial charge is 0.397 e. The highest BCUT2D eigenvalue weighted by Gasteiger charge is 2.35. The highest BCUT2D eigenvalue weighted by molar-refractivity contribution is 5.93. The van der Waals surface area contributed by atoms with Crippen LogP contribution in [0.1, 0.15) is 32.1 Å². The van der Waals surface area contributed by atoms with E-state index >= 15 is 0 Å². The lowest BCUT2D eigenvalue weighted by molar-refractivity contribution is -0.116. The van der Waals surface area contributed by atoms with E-state index in [2.05, 4.69) is 10.2 Å². The van der Waals surface area contributed by atoms with Gasteiger partial charge in [0, 0.05) is 19.5 Å². The summed E-state index contributed by atoms with van der Waals surface area (Å²) in [5.74, 6) is 1.93. The number of hydrogen-bond acceptors (Lipinski definition) is 3. The minimum atomic E-state index is 0.0623. The Morgan fingerprint density at radius 2 is 1.95 bits per heavy atom. The van der Waals surface area contributed by atoms with Crippen LogP contribution in [-0.4, -0.2) is 30.4 Å². The maximum atomic E-state index is 11.9. The van der Waals surface area contributed by atoms with Gasteiger partial charge in [0.2, 0.25) is 5.91 Å². The van der Waals surface area contributed by atoms with Crippen LogP contribution in [0.2, 0.25) is 0 Å². The van der Waals surface area contributed by atoms with E-state index in [0.717, 1.165) is 30.5 Å². The van der Waals surface area contributed by atoms with Gasteiger partial charge < -0.3 is 16.0 Å². The Bertz CT molecular complexity index is 491. The Balaban J connectivity index is 1.38. The van der Waals surface area contributed by atoms with E-state index in [0.29, 0.717) is 12.1 Å². The first-order valence-corrected chi connectivity index (χ1v) is 8.09. The summed E-state index contributed by atoms with van der Waals surface area (Å²) in [5.41, 5.74) is 7.17. The number of hydrogen-bond donors (Lipinski definition) is 2. The van der Waals surface area contributed by atoms with Crippen molar-refractivity contribution in [1.29, 1.82) is 0 Å². The van der Waals surface area contributed by atoms with Crippen molar-refractivity contribution in [2.75, 3.05) is 30.7 Å². The average molecular weight is 287 g/mol. The highest BCUT2D eigenvalue weighted by Crippen LogP contribution is 2.37. The van der Waals surface area contributed by atoms with Crippen molar-refractivity contribution in [3.05, 3.63) is 24.3 Å². The fourth-order valence-corrected chi connectivity index (χ4v) is 3.80. The Kier molecular flexibility index (Phi) is 4.44. The first-order valence-electron chi connectivity index (χ1n) is 8.09. The van der Waals surface area contributed by atoms with Crippen LogP contribution in [0.15, 0.2) is 24.3 Å². The predicted octanol–water partition coefficient (Wildman–Crippen LogP) is 2.72. The molecule has 114 valence electrons. The maximum absolute atomic E-state index is 11.9. The number of likely N-dealkylation sites (tertiary alicyclic amines) is 1. The zero-order chi connectivity index (χ0) is 14.7. The van der Waals surface area contributed by atoms with Crippen LogP contribution in [0.5, 0.6) is 0 Å². The molecule has 1 amide bonds. The molecule has 1 aliphatic heterocycles. The number of amides is 1. The van der Waals surface area contributed by atoms with E-state index < -0.39 is 0 Å². The Morgan fingerprint density at radius 1 is 1.24 bits per heavy atom. The number of para-hydroxylation sites is 2. The number of nitrogens with one attached hydrogen (secondary N) is 1. The molecule has 2 atom stereocenters. The van der Waals surface area contributed by atoms with Crippen molar-refractivity contribution in [3.8, 4) is 0 Å². The van der Waals surface area contributed by atoms with Gasteiger partial charge in [0.05, 0.1) is 11.4 Å². The van der Waals surface area contributed by atoms with Crippen LogP contribution in [0, 0.1) is 11.8 Å². The third-order valence-electron chi connectivity index (χ3n) is 4.91. The molecule has 1 heterocycles. The number of benzene rings is 1. The van der Waals surface area contributed by atoms with Crippen molar-refractivity contribution >= 4 is 17.3 Å². The molecule has 2 aliphatic rings. The standard InChI is InChI=1S/C17H25N3O/c18-15-7-1-2-8-16(15)19-17(21)9-4-10-20-11-13-5-3-6-14(13)12-20/h1-2,7-8,13-14H,3-6,9-12,18H2,(H,19,21). The average Bonchev–Trinajstić information content (AvgIpc) is 3.02. The molecule has 1 aromatic carbocycles. The molecule has 0 aromatic heterocycles. The summed E-state index contributed by atoms with van der Waals surface area (Å²) < 4.78 is 0. The van der Waals surface area contributed by atoms with Crippen molar-refractivity contribution in [2.45, 2.75) is 32.1 Å². The lowest BCUT2D eigenvalue weighted by Gasteiger charge is -2.16. The molecular weight excluding hydrogens is 262 g/mol. The summed E-state index contributed by atoms with van der Waals surface area (Å²) in [7, 11) is 0. The first-order chi connectivity index (χ1) is 10.2. The molecule has 1 aliphatic carbocycles. The molecule has 0 radical (unpaired) electrons. The van der Waals surface area contributed by atoms with Crippen molar-refractivity contribution in [2.24, 2.45) is 11.8 Å². The Morgan fingerprint density at radius 3 is 2.67 bits per heavy atom.